The first-order chi connectivity index (χ1) is 8.21. The Kier molecular flexibility index (Phi) is 4.59. The van der Waals surface area contributed by atoms with Gasteiger partial charge in [0.2, 0.25) is 0 Å². The van der Waals surface area contributed by atoms with Crippen molar-refractivity contribution in [3.63, 3.8) is 0 Å². The van der Waals surface area contributed by atoms with Gasteiger partial charge in [0.15, 0.2) is 0 Å². The van der Waals surface area contributed by atoms with Gasteiger partial charge >= 0.3 is 12.0 Å². The number of carboxylic acid groups (broad SMARTS) is 1. The highest BCUT2D eigenvalue weighted by Crippen LogP contribution is 2.22. The fourth-order valence-electron chi connectivity index (χ4n) is 2.36. The number of carbonyl (C=O) groups is 2. The lowest BCUT2D eigenvalue weighted by Gasteiger charge is -2.38. The number of urea groups is 1. The molecule has 18 heavy (non-hydrogen) atoms. The van der Waals surface area contributed by atoms with Gasteiger partial charge in [-0.05, 0) is 39.5 Å². The molecule has 104 valence electrons. The highest BCUT2D eigenvalue weighted by molar-refractivity contribution is 5.77. The van der Waals surface area contributed by atoms with Crippen LogP contribution in [0.15, 0.2) is 0 Å². The largest absolute Gasteiger partial charge is 0.481 e. The summed E-state index contributed by atoms with van der Waals surface area (Å²) in [6.45, 7) is 8.38. The summed E-state index contributed by atoms with van der Waals surface area (Å²) < 4.78 is 0. The van der Waals surface area contributed by atoms with Crippen molar-refractivity contribution in [3.8, 4) is 0 Å². The van der Waals surface area contributed by atoms with E-state index in [0.717, 1.165) is 19.4 Å². The average molecular weight is 256 g/mol. The van der Waals surface area contributed by atoms with Crippen LogP contribution in [0.1, 0.15) is 47.0 Å². The van der Waals surface area contributed by atoms with Crippen molar-refractivity contribution in [3.05, 3.63) is 0 Å². The van der Waals surface area contributed by atoms with E-state index in [9.17, 15) is 9.59 Å². The van der Waals surface area contributed by atoms with Crippen LogP contribution in [0.3, 0.4) is 0 Å². The number of hydrogen-bond acceptors (Lipinski definition) is 2. The number of carboxylic acids is 1. The molecule has 5 heteroatoms. The lowest BCUT2D eigenvalue weighted by molar-refractivity contribution is -0.138. The molecule has 2 N–H and O–H groups in total. The lowest BCUT2D eigenvalue weighted by Crippen LogP contribution is -2.55. The summed E-state index contributed by atoms with van der Waals surface area (Å²) in [5.74, 6) is -0.394. The van der Waals surface area contributed by atoms with Crippen LogP contribution in [0.4, 0.5) is 4.79 Å². The van der Waals surface area contributed by atoms with Crippen molar-refractivity contribution in [2.75, 3.05) is 6.54 Å². The zero-order chi connectivity index (χ0) is 13.9. The number of amides is 2. The van der Waals surface area contributed by atoms with E-state index >= 15 is 0 Å². The van der Waals surface area contributed by atoms with Gasteiger partial charge in [0.25, 0.3) is 0 Å². The summed E-state index contributed by atoms with van der Waals surface area (Å²) in [5.41, 5.74) is -0.719. The number of aliphatic carboxylic acids is 1. The van der Waals surface area contributed by atoms with Crippen LogP contribution in [-0.2, 0) is 4.79 Å². The zero-order valence-electron chi connectivity index (χ0n) is 11.7. The summed E-state index contributed by atoms with van der Waals surface area (Å²) >= 11 is 0. The summed E-state index contributed by atoms with van der Waals surface area (Å²) in [6, 6.07) is 0.0714. The van der Waals surface area contributed by atoms with E-state index in [1.807, 2.05) is 11.8 Å². The van der Waals surface area contributed by atoms with Crippen LogP contribution in [0.5, 0.6) is 0 Å². The Balaban J connectivity index is 2.61. The summed E-state index contributed by atoms with van der Waals surface area (Å²) in [4.78, 5) is 24.7. The molecule has 0 aromatic rings. The Morgan fingerprint density at radius 3 is 2.50 bits per heavy atom. The Hall–Kier alpha value is -1.26. The van der Waals surface area contributed by atoms with Gasteiger partial charge < -0.3 is 15.3 Å². The quantitative estimate of drug-likeness (QED) is 0.812. The van der Waals surface area contributed by atoms with Gasteiger partial charge in [0, 0.05) is 18.1 Å². The molecule has 2 amide bonds. The fraction of sp³-hybridized carbons (Fsp3) is 0.846. The molecule has 2 atom stereocenters. The molecule has 0 bridgehead atoms. The maximum atomic E-state index is 12.2. The molecule has 0 saturated carbocycles. The second kappa shape index (κ2) is 5.59. The zero-order valence-corrected chi connectivity index (χ0v) is 11.7. The number of piperidine rings is 1. The van der Waals surface area contributed by atoms with E-state index in [0.29, 0.717) is 5.92 Å². The molecule has 1 aliphatic rings. The number of nitrogens with one attached hydrogen (secondary N) is 1. The Labute approximate surface area is 109 Å². The monoisotopic (exact) mass is 256 g/mol. The van der Waals surface area contributed by atoms with Gasteiger partial charge in [-0.2, -0.15) is 0 Å². The van der Waals surface area contributed by atoms with E-state index in [1.165, 1.54) is 0 Å². The fourth-order valence-corrected chi connectivity index (χ4v) is 2.36. The first-order valence-corrected chi connectivity index (χ1v) is 6.52. The normalized spacial score (nSPS) is 24.8. The van der Waals surface area contributed by atoms with Crippen LogP contribution in [0.2, 0.25) is 0 Å². The third-order valence-corrected chi connectivity index (χ3v) is 3.42. The predicted octanol–water partition coefficient (Wildman–Crippen LogP) is 2.07. The van der Waals surface area contributed by atoms with Crippen molar-refractivity contribution in [2.45, 2.75) is 58.5 Å². The van der Waals surface area contributed by atoms with Gasteiger partial charge in [0.05, 0.1) is 6.42 Å². The van der Waals surface area contributed by atoms with Gasteiger partial charge in [-0.25, -0.2) is 4.79 Å². The van der Waals surface area contributed by atoms with Crippen LogP contribution < -0.4 is 5.32 Å². The minimum Gasteiger partial charge on any atom is -0.481 e. The molecule has 0 aromatic heterocycles. The predicted molar refractivity (Wildman–Crippen MR) is 69.4 cm³/mol. The maximum absolute atomic E-state index is 12.2. The van der Waals surface area contributed by atoms with Gasteiger partial charge in [-0.15, -0.1) is 0 Å². The molecular formula is C13H24N2O3. The first kappa shape index (κ1) is 14.8. The van der Waals surface area contributed by atoms with Crippen molar-refractivity contribution < 1.29 is 14.7 Å². The van der Waals surface area contributed by atoms with E-state index in [2.05, 4.69) is 12.2 Å². The number of hydrogen-bond donors (Lipinski definition) is 2. The molecule has 5 nitrogen and oxygen atoms in total. The number of carbonyl (C=O) groups excluding carboxylic acids is 1. The third-order valence-electron chi connectivity index (χ3n) is 3.42. The molecule has 1 fully saturated rings. The standard InChI is InChI=1S/C13H24N2O3/c1-9-5-6-10(2)15(8-9)12(18)14-13(3,4)7-11(16)17/h9-10H,5-8H2,1-4H3,(H,14,18)(H,16,17). The molecule has 1 heterocycles. The van der Waals surface area contributed by atoms with Crippen molar-refractivity contribution >= 4 is 12.0 Å². The molecular weight excluding hydrogens is 232 g/mol. The molecule has 0 aromatic carbocycles. The maximum Gasteiger partial charge on any atom is 0.318 e. The SMILES string of the molecule is CC1CCC(C)N(C(=O)NC(C)(C)CC(=O)O)C1. The number of nitrogens with zero attached hydrogens (tertiary/aromatic N) is 1. The molecule has 0 spiro atoms. The van der Waals surface area contributed by atoms with Crippen LogP contribution in [0, 0.1) is 5.92 Å². The molecule has 0 radical (unpaired) electrons. The Morgan fingerprint density at radius 1 is 1.33 bits per heavy atom. The van der Waals surface area contributed by atoms with Crippen LogP contribution >= 0.6 is 0 Å². The molecule has 1 saturated heterocycles. The summed E-state index contributed by atoms with van der Waals surface area (Å²) in [7, 11) is 0. The average Bonchev–Trinajstić information content (AvgIpc) is 2.18. The molecule has 1 aliphatic heterocycles. The second-order valence-electron chi connectivity index (χ2n) is 6.07. The number of rotatable bonds is 3. The molecule has 2 unspecified atom stereocenters. The first-order valence-electron chi connectivity index (χ1n) is 6.52. The lowest BCUT2D eigenvalue weighted by atomic mass is 9.95. The second-order valence-corrected chi connectivity index (χ2v) is 6.07. The smallest absolute Gasteiger partial charge is 0.318 e. The number of likely N-dealkylation sites (tertiary alicyclic amines) is 1. The topological polar surface area (TPSA) is 69.6 Å². The molecule has 0 aliphatic carbocycles. The van der Waals surface area contributed by atoms with E-state index in [4.69, 9.17) is 5.11 Å². The highest BCUT2D eigenvalue weighted by atomic mass is 16.4. The Bertz CT molecular complexity index is 328. The van der Waals surface area contributed by atoms with Crippen LogP contribution in [-0.4, -0.2) is 40.1 Å². The molecule has 1 rings (SSSR count). The van der Waals surface area contributed by atoms with Gasteiger partial charge in [-0.1, -0.05) is 6.92 Å². The Morgan fingerprint density at radius 2 is 1.94 bits per heavy atom. The van der Waals surface area contributed by atoms with Crippen molar-refractivity contribution in [1.82, 2.24) is 10.2 Å². The third kappa shape index (κ3) is 4.20. The van der Waals surface area contributed by atoms with Crippen molar-refractivity contribution in [1.29, 1.82) is 0 Å². The summed E-state index contributed by atoms with van der Waals surface area (Å²) in [5, 5.41) is 11.6. The van der Waals surface area contributed by atoms with E-state index in [-0.39, 0.29) is 18.5 Å². The summed E-state index contributed by atoms with van der Waals surface area (Å²) in [6.07, 6.45) is 2.08. The highest BCUT2D eigenvalue weighted by Gasteiger charge is 2.31. The van der Waals surface area contributed by atoms with Gasteiger partial charge in [0.1, 0.15) is 0 Å². The van der Waals surface area contributed by atoms with Crippen LogP contribution in [0.25, 0.3) is 0 Å². The van der Waals surface area contributed by atoms with E-state index < -0.39 is 11.5 Å². The minimum absolute atomic E-state index is 0.0729. The van der Waals surface area contributed by atoms with Gasteiger partial charge in [-0.3, -0.25) is 4.79 Å². The minimum atomic E-state index is -0.902. The van der Waals surface area contributed by atoms with Crippen molar-refractivity contribution in [2.24, 2.45) is 5.92 Å². The van der Waals surface area contributed by atoms with E-state index in [1.54, 1.807) is 13.8 Å².